The maximum Gasteiger partial charge on any atom is 0.196 e. The highest BCUT2D eigenvalue weighted by Gasteiger charge is 2.33. The number of benzene rings is 4. The molecule has 0 amide bonds. The molecule has 4 aromatic rings. The molecular formula is C28H21NO2. The van der Waals surface area contributed by atoms with Crippen molar-refractivity contribution in [1.82, 2.24) is 0 Å². The van der Waals surface area contributed by atoms with Gasteiger partial charge in [-0.15, -0.1) is 0 Å². The molecule has 0 atom stereocenters. The molecule has 1 aliphatic carbocycles. The largest absolute Gasteiger partial charge is 0.310 e. The summed E-state index contributed by atoms with van der Waals surface area (Å²) in [5.74, 6) is -0.232. The van der Waals surface area contributed by atoms with Crippen LogP contribution in [-0.4, -0.2) is 11.6 Å². The van der Waals surface area contributed by atoms with Gasteiger partial charge < -0.3 is 4.90 Å². The molecule has 0 bridgehead atoms. The quantitative estimate of drug-likeness (QED) is 0.343. The van der Waals surface area contributed by atoms with Crippen LogP contribution in [0.2, 0.25) is 0 Å². The lowest BCUT2D eigenvalue weighted by Gasteiger charge is -2.30. The van der Waals surface area contributed by atoms with Crippen LogP contribution in [-0.2, 0) is 0 Å². The van der Waals surface area contributed by atoms with E-state index in [0.717, 1.165) is 22.5 Å². The maximum atomic E-state index is 13.6. The van der Waals surface area contributed by atoms with Crippen LogP contribution in [0.25, 0.3) is 0 Å². The first-order chi connectivity index (χ1) is 15.0. The number of hydrogen-bond acceptors (Lipinski definition) is 3. The van der Waals surface area contributed by atoms with Gasteiger partial charge in [0.25, 0.3) is 0 Å². The highest BCUT2D eigenvalue weighted by molar-refractivity contribution is 6.30. The van der Waals surface area contributed by atoms with Gasteiger partial charge in [0.1, 0.15) is 0 Å². The third-order valence-electron chi connectivity index (χ3n) is 5.76. The first kappa shape index (κ1) is 19.0. The minimum atomic E-state index is -0.120. The summed E-state index contributed by atoms with van der Waals surface area (Å²) >= 11 is 0. The van der Waals surface area contributed by atoms with Crippen molar-refractivity contribution < 1.29 is 9.59 Å². The Labute approximate surface area is 181 Å². The lowest BCUT2D eigenvalue weighted by atomic mass is 9.83. The van der Waals surface area contributed by atoms with Crippen LogP contribution in [0.3, 0.4) is 0 Å². The summed E-state index contributed by atoms with van der Waals surface area (Å²) in [6.45, 7) is 4.09. The Morgan fingerprint density at radius 1 is 0.516 bits per heavy atom. The molecule has 3 heteroatoms. The number of rotatable bonds is 3. The number of carbonyl (C=O) groups excluding carboxylic acids is 2. The van der Waals surface area contributed by atoms with E-state index in [4.69, 9.17) is 0 Å². The second-order valence-electron chi connectivity index (χ2n) is 7.91. The zero-order valence-corrected chi connectivity index (χ0v) is 17.4. The number of ketones is 2. The minimum absolute atomic E-state index is 0.111. The van der Waals surface area contributed by atoms with Crippen LogP contribution in [0.15, 0.2) is 91.0 Å². The van der Waals surface area contributed by atoms with Crippen molar-refractivity contribution in [3.05, 3.63) is 124 Å². The fourth-order valence-electron chi connectivity index (χ4n) is 4.13. The Hall–Kier alpha value is -3.98. The fourth-order valence-corrected chi connectivity index (χ4v) is 4.13. The molecule has 0 aromatic heterocycles. The molecule has 0 saturated carbocycles. The molecule has 3 nitrogen and oxygen atoms in total. The first-order valence-electron chi connectivity index (χ1n) is 10.3. The highest BCUT2D eigenvalue weighted by atomic mass is 16.1. The third-order valence-corrected chi connectivity index (χ3v) is 5.76. The predicted octanol–water partition coefficient (Wildman–Crippen LogP) is 6.55. The van der Waals surface area contributed by atoms with Crippen LogP contribution in [0.4, 0.5) is 17.1 Å². The van der Waals surface area contributed by atoms with Crippen molar-refractivity contribution in [2.45, 2.75) is 13.8 Å². The molecule has 0 saturated heterocycles. The number of aryl methyl sites for hydroxylation is 2. The van der Waals surface area contributed by atoms with Crippen molar-refractivity contribution in [3.8, 4) is 0 Å². The monoisotopic (exact) mass is 403 g/mol. The van der Waals surface area contributed by atoms with Crippen molar-refractivity contribution in [1.29, 1.82) is 0 Å². The van der Waals surface area contributed by atoms with Crippen LogP contribution in [0.1, 0.15) is 43.0 Å². The van der Waals surface area contributed by atoms with Crippen molar-refractivity contribution in [2.75, 3.05) is 4.90 Å². The molecule has 0 unspecified atom stereocenters. The standard InChI is InChI=1S/C28H21NO2/c1-18-10-14-20(15-11-18)29(21-16-12-19(2)13-17-21)25-9-5-8-24-26(25)28(31)23-7-4-3-6-22(23)27(24)30/h3-17H,1-2H3. The topological polar surface area (TPSA) is 37.4 Å². The van der Waals surface area contributed by atoms with Gasteiger partial charge in [-0.25, -0.2) is 0 Å². The van der Waals surface area contributed by atoms with Crippen molar-refractivity contribution in [3.63, 3.8) is 0 Å². The summed E-state index contributed by atoms with van der Waals surface area (Å²) in [5, 5.41) is 0. The highest BCUT2D eigenvalue weighted by Crippen LogP contribution is 2.41. The van der Waals surface area contributed by atoms with E-state index in [1.807, 2.05) is 74.5 Å². The summed E-state index contributed by atoms with van der Waals surface area (Å²) in [6, 6.07) is 28.9. The smallest absolute Gasteiger partial charge is 0.196 e. The van der Waals surface area contributed by atoms with E-state index >= 15 is 0 Å². The van der Waals surface area contributed by atoms with E-state index in [-0.39, 0.29) is 11.6 Å². The third kappa shape index (κ3) is 3.15. The number of fused-ring (bicyclic) bond motifs is 2. The van der Waals surface area contributed by atoms with Gasteiger partial charge in [0.2, 0.25) is 0 Å². The first-order valence-corrected chi connectivity index (χ1v) is 10.3. The van der Waals surface area contributed by atoms with Crippen LogP contribution >= 0.6 is 0 Å². The van der Waals surface area contributed by atoms with E-state index in [9.17, 15) is 9.59 Å². The van der Waals surface area contributed by atoms with Crippen LogP contribution < -0.4 is 4.90 Å². The van der Waals surface area contributed by atoms with Gasteiger partial charge in [-0.3, -0.25) is 9.59 Å². The predicted molar refractivity (Wildman–Crippen MR) is 124 cm³/mol. The summed E-state index contributed by atoms with van der Waals surface area (Å²) < 4.78 is 0. The van der Waals surface area contributed by atoms with Gasteiger partial charge in [-0.2, -0.15) is 0 Å². The molecule has 31 heavy (non-hydrogen) atoms. The molecule has 0 aliphatic heterocycles. The molecule has 5 rings (SSSR count). The van der Waals surface area contributed by atoms with Gasteiger partial charge >= 0.3 is 0 Å². The van der Waals surface area contributed by atoms with Gasteiger partial charge in [0, 0.05) is 28.1 Å². The lowest BCUT2D eigenvalue weighted by molar-refractivity contribution is 0.0979. The van der Waals surface area contributed by atoms with Crippen LogP contribution in [0.5, 0.6) is 0 Å². The normalized spacial score (nSPS) is 12.3. The zero-order chi connectivity index (χ0) is 21.5. The Morgan fingerprint density at radius 3 is 1.55 bits per heavy atom. The molecule has 4 aromatic carbocycles. The van der Waals surface area contributed by atoms with Gasteiger partial charge in [-0.05, 0) is 44.2 Å². The molecule has 0 radical (unpaired) electrons. The van der Waals surface area contributed by atoms with Gasteiger partial charge in [-0.1, -0.05) is 71.8 Å². The second-order valence-corrected chi connectivity index (χ2v) is 7.91. The molecule has 150 valence electrons. The fraction of sp³-hybridized carbons (Fsp3) is 0.0714. The van der Waals surface area contributed by atoms with Gasteiger partial charge in [0.15, 0.2) is 11.6 Å². The Kier molecular flexibility index (Phi) is 4.52. The minimum Gasteiger partial charge on any atom is -0.310 e. The van der Waals surface area contributed by atoms with E-state index in [1.165, 1.54) is 0 Å². The summed E-state index contributed by atoms with van der Waals surface area (Å²) in [5.41, 5.74) is 6.71. The Balaban J connectivity index is 1.77. The van der Waals surface area contributed by atoms with Crippen molar-refractivity contribution in [2.24, 2.45) is 0 Å². The van der Waals surface area contributed by atoms with E-state index in [0.29, 0.717) is 27.9 Å². The molecule has 0 heterocycles. The van der Waals surface area contributed by atoms with Crippen LogP contribution in [0, 0.1) is 13.8 Å². The lowest BCUT2D eigenvalue weighted by Crippen LogP contribution is -2.24. The Bertz CT molecular complexity index is 1270. The van der Waals surface area contributed by atoms with Gasteiger partial charge in [0.05, 0.1) is 11.3 Å². The average molecular weight is 403 g/mol. The SMILES string of the molecule is Cc1ccc(N(c2ccc(C)cc2)c2cccc3c2C(=O)c2ccccc2C3=O)cc1. The second kappa shape index (κ2) is 7.37. The van der Waals surface area contributed by atoms with E-state index < -0.39 is 0 Å². The van der Waals surface area contributed by atoms with E-state index in [2.05, 4.69) is 4.90 Å². The van der Waals surface area contributed by atoms with Crippen molar-refractivity contribution >= 4 is 28.6 Å². The molecule has 0 spiro atoms. The number of hydrogen-bond donors (Lipinski definition) is 0. The average Bonchev–Trinajstić information content (AvgIpc) is 2.80. The number of nitrogens with zero attached hydrogens (tertiary/aromatic N) is 1. The molecular weight excluding hydrogens is 382 g/mol. The Morgan fingerprint density at radius 2 is 1.00 bits per heavy atom. The molecule has 0 N–H and O–H groups in total. The number of carbonyl (C=O) groups is 2. The molecule has 1 aliphatic rings. The summed E-state index contributed by atoms with van der Waals surface area (Å²) in [7, 11) is 0. The summed E-state index contributed by atoms with van der Waals surface area (Å²) in [4.78, 5) is 28.8. The van der Waals surface area contributed by atoms with E-state index in [1.54, 1.807) is 30.3 Å². The molecule has 0 fully saturated rings. The summed E-state index contributed by atoms with van der Waals surface area (Å²) in [6.07, 6.45) is 0. The maximum absolute atomic E-state index is 13.6. The number of anilines is 3. The zero-order valence-electron chi connectivity index (χ0n) is 17.4.